The van der Waals surface area contributed by atoms with Crippen molar-refractivity contribution in [2.75, 3.05) is 5.32 Å². The van der Waals surface area contributed by atoms with Gasteiger partial charge in [0.2, 0.25) is 5.91 Å². The fourth-order valence-electron chi connectivity index (χ4n) is 2.14. The van der Waals surface area contributed by atoms with Crippen LogP contribution in [-0.2, 0) is 9.53 Å². The molecule has 4 nitrogen and oxygen atoms in total. The average molecular weight is 388 g/mol. The highest BCUT2D eigenvalue weighted by Crippen LogP contribution is 2.34. The van der Waals surface area contributed by atoms with Gasteiger partial charge in [-0.25, -0.2) is 13.6 Å². The zero-order valence-electron chi connectivity index (χ0n) is 13.2. The van der Waals surface area contributed by atoms with E-state index in [1.54, 1.807) is 0 Å². The van der Waals surface area contributed by atoms with Gasteiger partial charge in [-0.2, -0.15) is 0 Å². The second-order valence-electron chi connectivity index (χ2n) is 5.18. The summed E-state index contributed by atoms with van der Waals surface area (Å²) in [6.07, 6.45) is -0.947. The van der Waals surface area contributed by atoms with Gasteiger partial charge in [0.25, 0.3) is 0 Å². The maximum Gasteiger partial charge on any atom is 0.338 e. The number of esters is 1. The van der Waals surface area contributed by atoms with Crippen molar-refractivity contribution in [2.24, 2.45) is 0 Å². The third kappa shape index (κ3) is 4.46. The van der Waals surface area contributed by atoms with Crippen LogP contribution in [0.3, 0.4) is 0 Å². The molecule has 0 aromatic heterocycles. The number of ether oxygens (including phenoxy) is 1. The number of hydrogen-bond acceptors (Lipinski definition) is 3. The Labute approximate surface area is 152 Å². The molecule has 1 unspecified atom stereocenters. The van der Waals surface area contributed by atoms with Crippen molar-refractivity contribution in [3.8, 4) is 0 Å². The number of hydrogen-bond donors (Lipinski definition) is 1. The predicted molar refractivity (Wildman–Crippen MR) is 91.0 cm³/mol. The van der Waals surface area contributed by atoms with Gasteiger partial charge >= 0.3 is 5.97 Å². The van der Waals surface area contributed by atoms with Gasteiger partial charge in [0, 0.05) is 17.5 Å². The molecule has 2 aromatic rings. The zero-order valence-corrected chi connectivity index (χ0v) is 14.7. The monoisotopic (exact) mass is 387 g/mol. The van der Waals surface area contributed by atoms with Crippen LogP contribution in [0.1, 0.15) is 35.9 Å². The molecule has 0 bridgehead atoms. The SMILES string of the molecule is CC(=O)Nc1cc(C(=O)OC(C)c2c(Cl)ccc(F)c2Cl)ccc1F. The Balaban J connectivity index is 2.25. The maximum atomic E-state index is 13.6. The summed E-state index contributed by atoms with van der Waals surface area (Å²) in [5, 5.41) is 2.16. The summed E-state index contributed by atoms with van der Waals surface area (Å²) in [7, 11) is 0. The van der Waals surface area contributed by atoms with Crippen molar-refractivity contribution in [1.29, 1.82) is 0 Å². The molecule has 25 heavy (non-hydrogen) atoms. The van der Waals surface area contributed by atoms with E-state index in [0.717, 1.165) is 18.2 Å². The van der Waals surface area contributed by atoms with Crippen molar-refractivity contribution in [3.05, 3.63) is 63.1 Å². The number of carbonyl (C=O) groups excluding carboxylic acids is 2. The van der Waals surface area contributed by atoms with E-state index in [9.17, 15) is 18.4 Å². The van der Waals surface area contributed by atoms with Gasteiger partial charge in [0.1, 0.15) is 17.7 Å². The first-order valence-corrected chi connectivity index (χ1v) is 7.87. The fraction of sp³-hybridized carbons (Fsp3) is 0.176. The smallest absolute Gasteiger partial charge is 0.338 e. The van der Waals surface area contributed by atoms with E-state index in [4.69, 9.17) is 27.9 Å². The molecule has 1 amide bonds. The van der Waals surface area contributed by atoms with Gasteiger partial charge in [-0.05, 0) is 37.3 Å². The number of anilines is 1. The highest BCUT2D eigenvalue weighted by atomic mass is 35.5. The summed E-state index contributed by atoms with van der Waals surface area (Å²) in [6.45, 7) is 2.68. The Morgan fingerprint density at radius 3 is 2.40 bits per heavy atom. The molecule has 0 aliphatic rings. The molecule has 132 valence electrons. The maximum absolute atomic E-state index is 13.6. The van der Waals surface area contributed by atoms with Crippen molar-refractivity contribution in [1.82, 2.24) is 0 Å². The van der Waals surface area contributed by atoms with E-state index in [-0.39, 0.29) is 26.9 Å². The molecular weight excluding hydrogens is 375 g/mol. The minimum absolute atomic E-state index is 0.000600. The Morgan fingerprint density at radius 2 is 1.76 bits per heavy atom. The van der Waals surface area contributed by atoms with Crippen LogP contribution in [0.5, 0.6) is 0 Å². The van der Waals surface area contributed by atoms with Crippen LogP contribution in [0.25, 0.3) is 0 Å². The first-order chi connectivity index (χ1) is 11.7. The normalized spacial score (nSPS) is 11.8. The molecule has 2 aromatic carbocycles. The standard InChI is InChI=1S/C17H13Cl2F2NO3/c1-8(15-11(18)4-6-13(21)16(15)19)25-17(24)10-3-5-12(20)14(7-10)22-9(2)23/h3-8H,1-2H3,(H,22,23). The van der Waals surface area contributed by atoms with Gasteiger partial charge in [0.05, 0.1) is 16.3 Å². The van der Waals surface area contributed by atoms with Gasteiger partial charge in [-0.3, -0.25) is 4.79 Å². The number of nitrogens with one attached hydrogen (secondary N) is 1. The topological polar surface area (TPSA) is 55.4 Å². The van der Waals surface area contributed by atoms with E-state index >= 15 is 0 Å². The van der Waals surface area contributed by atoms with E-state index in [0.29, 0.717) is 0 Å². The first kappa shape index (κ1) is 19.1. The summed E-state index contributed by atoms with van der Waals surface area (Å²) >= 11 is 11.9. The number of halogens is 4. The molecule has 0 saturated heterocycles. The largest absolute Gasteiger partial charge is 0.454 e. The van der Waals surface area contributed by atoms with Crippen LogP contribution in [-0.4, -0.2) is 11.9 Å². The molecule has 1 atom stereocenters. The highest BCUT2D eigenvalue weighted by Gasteiger charge is 2.22. The number of benzene rings is 2. The lowest BCUT2D eigenvalue weighted by Crippen LogP contribution is -2.12. The van der Waals surface area contributed by atoms with Crippen molar-refractivity contribution in [2.45, 2.75) is 20.0 Å². The van der Waals surface area contributed by atoms with E-state index in [1.807, 2.05) is 0 Å². The predicted octanol–water partition coefficient (Wildman–Crippen LogP) is 5.15. The Bertz CT molecular complexity index is 843. The van der Waals surface area contributed by atoms with Crippen molar-refractivity contribution >= 4 is 40.8 Å². The third-order valence-electron chi connectivity index (χ3n) is 3.28. The number of carbonyl (C=O) groups is 2. The van der Waals surface area contributed by atoms with Crippen molar-refractivity contribution < 1.29 is 23.1 Å². The van der Waals surface area contributed by atoms with Crippen LogP contribution in [0, 0.1) is 11.6 Å². The number of amides is 1. The second kappa shape index (κ2) is 7.80. The summed E-state index contributed by atoms with van der Waals surface area (Å²) in [6, 6.07) is 5.76. The highest BCUT2D eigenvalue weighted by molar-refractivity contribution is 6.36. The summed E-state index contributed by atoms with van der Waals surface area (Å²) in [5.74, 6) is -2.69. The van der Waals surface area contributed by atoms with Crippen LogP contribution >= 0.6 is 23.2 Å². The Hall–Kier alpha value is -2.18. The minimum Gasteiger partial charge on any atom is -0.454 e. The zero-order chi connectivity index (χ0) is 18.7. The molecule has 0 radical (unpaired) electrons. The van der Waals surface area contributed by atoms with Crippen LogP contribution in [0.4, 0.5) is 14.5 Å². The third-order valence-corrected chi connectivity index (χ3v) is 4.00. The molecule has 0 spiro atoms. The van der Waals surface area contributed by atoms with Gasteiger partial charge in [0.15, 0.2) is 0 Å². The van der Waals surface area contributed by atoms with Crippen LogP contribution < -0.4 is 5.32 Å². The molecule has 0 aliphatic carbocycles. The Kier molecular flexibility index (Phi) is 5.98. The molecular formula is C17H13Cl2F2NO3. The molecule has 0 saturated carbocycles. The van der Waals surface area contributed by atoms with E-state index in [1.165, 1.54) is 26.0 Å². The first-order valence-electron chi connectivity index (χ1n) is 7.12. The summed E-state index contributed by atoms with van der Waals surface area (Å²) in [4.78, 5) is 23.3. The van der Waals surface area contributed by atoms with E-state index < -0.39 is 29.6 Å². The molecule has 1 N–H and O–H groups in total. The van der Waals surface area contributed by atoms with Gasteiger partial charge < -0.3 is 10.1 Å². The van der Waals surface area contributed by atoms with Crippen LogP contribution in [0.15, 0.2) is 30.3 Å². The van der Waals surface area contributed by atoms with Gasteiger partial charge in [-0.15, -0.1) is 0 Å². The lowest BCUT2D eigenvalue weighted by molar-refractivity contribution is -0.114. The molecule has 2 rings (SSSR count). The summed E-state index contributed by atoms with van der Waals surface area (Å²) in [5.41, 5.74) is -0.0297. The average Bonchev–Trinajstić information content (AvgIpc) is 2.53. The summed E-state index contributed by atoms with van der Waals surface area (Å²) < 4.78 is 32.4. The van der Waals surface area contributed by atoms with E-state index in [2.05, 4.69) is 5.32 Å². The Morgan fingerprint density at radius 1 is 1.12 bits per heavy atom. The quantitative estimate of drug-likeness (QED) is 0.582. The lowest BCUT2D eigenvalue weighted by Gasteiger charge is -2.17. The molecule has 0 heterocycles. The minimum atomic E-state index is -0.947. The second-order valence-corrected chi connectivity index (χ2v) is 5.97. The lowest BCUT2D eigenvalue weighted by atomic mass is 10.1. The van der Waals surface area contributed by atoms with Gasteiger partial charge in [-0.1, -0.05) is 23.2 Å². The van der Waals surface area contributed by atoms with Crippen LogP contribution in [0.2, 0.25) is 10.0 Å². The number of rotatable bonds is 4. The molecule has 8 heteroatoms. The molecule has 0 fully saturated rings. The molecule has 0 aliphatic heterocycles. The fourth-order valence-corrected chi connectivity index (χ4v) is 2.82. The van der Waals surface area contributed by atoms with Crippen molar-refractivity contribution in [3.63, 3.8) is 0 Å².